The number of anilines is 1. The Balaban J connectivity index is 1.84. The van der Waals surface area contributed by atoms with Gasteiger partial charge in [0.15, 0.2) is 23.5 Å². The van der Waals surface area contributed by atoms with Gasteiger partial charge in [0.2, 0.25) is 0 Å². The zero-order chi connectivity index (χ0) is 18.4. The largest absolute Gasteiger partial charge is 0.387 e. The van der Waals surface area contributed by atoms with Crippen LogP contribution in [-0.4, -0.2) is 53.8 Å². The molecule has 2 aromatic heterocycles. The lowest BCUT2D eigenvalue weighted by molar-refractivity contribution is -0.0288. The van der Waals surface area contributed by atoms with Crippen LogP contribution in [-0.2, 0) is 4.74 Å². The van der Waals surface area contributed by atoms with Gasteiger partial charge in [-0.2, -0.15) is 12.6 Å². The van der Waals surface area contributed by atoms with E-state index in [-0.39, 0.29) is 11.6 Å². The Bertz CT molecular complexity index is 963. The Labute approximate surface area is 155 Å². The molecule has 8 nitrogen and oxygen atoms in total. The highest BCUT2D eigenvalue weighted by atomic mass is 32.1. The number of thiol groups is 1. The first kappa shape index (κ1) is 17.2. The molecular formula is C17H19N5O3S. The number of benzene rings is 1. The van der Waals surface area contributed by atoms with Crippen LogP contribution in [0.1, 0.15) is 11.8 Å². The Morgan fingerprint density at radius 2 is 2.00 bits per heavy atom. The minimum atomic E-state index is -1.12. The fourth-order valence-corrected chi connectivity index (χ4v) is 3.48. The third-order valence-electron chi connectivity index (χ3n) is 4.63. The van der Waals surface area contributed by atoms with E-state index in [0.29, 0.717) is 17.0 Å². The van der Waals surface area contributed by atoms with Crippen molar-refractivity contribution >= 4 is 29.6 Å². The summed E-state index contributed by atoms with van der Waals surface area (Å²) in [4.78, 5) is 13.2. The number of ether oxygens (including phenoxy) is 1. The number of rotatable bonds is 3. The molecule has 0 spiro atoms. The summed E-state index contributed by atoms with van der Waals surface area (Å²) in [5, 5.41) is 20.5. The second-order valence-electron chi connectivity index (χ2n) is 6.30. The van der Waals surface area contributed by atoms with Crippen LogP contribution in [0.25, 0.3) is 22.6 Å². The van der Waals surface area contributed by atoms with Crippen LogP contribution >= 0.6 is 12.6 Å². The van der Waals surface area contributed by atoms with E-state index in [1.165, 1.54) is 6.33 Å². The van der Waals surface area contributed by atoms with Crippen molar-refractivity contribution in [2.24, 2.45) is 0 Å². The van der Waals surface area contributed by atoms with E-state index in [2.05, 4.69) is 27.6 Å². The van der Waals surface area contributed by atoms with Crippen LogP contribution in [0, 0.1) is 6.92 Å². The summed E-state index contributed by atoms with van der Waals surface area (Å²) in [7, 11) is 0. The number of hydrogen-bond acceptors (Lipinski definition) is 8. The molecule has 4 rings (SSSR count). The standard InChI is InChI=1S/C17H19N5O3S/c1-8-4-2-3-5-9(8)15-20-14(18)11-16(21-15)22(7-19-11)17-13(24)12(23)10(6-26)25-17/h2-5,7,10,12-13,17,23-24,26H,6H2,1H3,(H2,18,20,21)/t10-,12-,13-,17-/m1/s1. The molecule has 3 heterocycles. The summed E-state index contributed by atoms with van der Waals surface area (Å²) in [6.07, 6.45) is -2.08. The molecule has 0 unspecified atom stereocenters. The van der Waals surface area contributed by atoms with Crippen LogP contribution in [0.3, 0.4) is 0 Å². The SMILES string of the molecule is Cc1ccccc1-c1nc(N)c2ncn([C@@H]3O[C@H](CS)[C@@H](O)[C@H]3O)c2n1. The van der Waals surface area contributed by atoms with E-state index in [9.17, 15) is 10.2 Å². The summed E-state index contributed by atoms with van der Waals surface area (Å²) < 4.78 is 7.32. The van der Waals surface area contributed by atoms with Gasteiger partial charge in [-0.3, -0.25) is 4.57 Å². The van der Waals surface area contributed by atoms with Crippen molar-refractivity contribution in [3.05, 3.63) is 36.2 Å². The van der Waals surface area contributed by atoms with E-state index in [4.69, 9.17) is 10.5 Å². The predicted molar refractivity (Wildman–Crippen MR) is 99.7 cm³/mol. The molecule has 1 fully saturated rings. The van der Waals surface area contributed by atoms with Crippen LogP contribution in [0.15, 0.2) is 30.6 Å². The van der Waals surface area contributed by atoms with Crippen LogP contribution in [0.4, 0.5) is 5.82 Å². The van der Waals surface area contributed by atoms with E-state index in [1.54, 1.807) is 4.57 Å². The number of aromatic nitrogens is 4. The minimum Gasteiger partial charge on any atom is -0.387 e. The quantitative estimate of drug-likeness (QED) is 0.504. The lowest BCUT2D eigenvalue weighted by Gasteiger charge is -2.17. The highest BCUT2D eigenvalue weighted by Gasteiger charge is 2.43. The first-order chi connectivity index (χ1) is 12.5. The molecule has 1 aliphatic heterocycles. The van der Waals surface area contributed by atoms with E-state index in [1.807, 2.05) is 31.2 Å². The topological polar surface area (TPSA) is 119 Å². The van der Waals surface area contributed by atoms with Gasteiger partial charge >= 0.3 is 0 Å². The maximum absolute atomic E-state index is 10.4. The van der Waals surface area contributed by atoms with Gasteiger partial charge < -0.3 is 20.7 Å². The molecule has 1 aromatic carbocycles. The molecule has 1 saturated heterocycles. The van der Waals surface area contributed by atoms with E-state index >= 15 is 0 Å². The number of aryl methyl sites for hydroxylation is 1. The maximum atomic E-state index is 10.4. The monoisotopic (exact) mass is 373 g/mol. The third kappa shape index (κ3) is 2.64. The van der Waals surface area contributed by atoms with Gasteiger partial charge in [-0.05, 0) is 12.5 Å². The maximum Gasteiger partial charge on any atom is 0.168 e. The average molecular weight is 373 g/mol. The highest BCUT2D eigenvalue weighted by molar-refractivity contribution is 7.80. The summed E-state index contributed by atoms with van der Waals surface area (Å²) in [6, 6.07) is 7.72. The van der Waals surface area contributed by atoms with Crippen molar-refractivity contribution in [2.75, 3.05) is 11.5 Å². The fourth-order valence-electron chi connectivity index (χ4n) is 3.18. The summed E-state index contributed by atoms with van der Waals surface area (Å²) in [6.45, 7) is 1.97. The van der Waals surface area contributed by atoms with Gasteiger partial charge in [0.1, 0.15) is 17.7 Å². The van der Waals surface area contributed by atoms with Crippen LogP contribution in [0.2, 0.25) is 0 Å². The number of nitrogen functional groups attached to an aromatic ring is 1. The highest BCUT2D eigenvalue weighted by Crippen LogP contribution is 2.33. The number of hydrogen-bond donors (Lipinski definition) is 4. The molecule has 4 atom stereocenters. The van der Waals surface area contributed by atoms with Gasteiger partial charge in [-0.1, -0.05) is 24.3 Å². The lowest BCUT2D eigenvalue weighted by Crippen LogP contribution is -2.32. The second-order valence-corrected chi connectivity index (χ2v) is 6.67. The van der Waals surface area contributed by atoms with Crippen molar-refractivity contribution in [1.82, 2.24) is 19.5 Å². The first-order valence-corrected chi connectivity index (χ1v) is 8.83. The van der Waals surface area contributed by atoms with Crippen LogP contribution < -0.4 is 5.73 Å². The van der Waals surface area contributed by atoms with E-state index < -0.39 is 24.5 Å². The molecule has 0 amide bonds. The minimum absolute atomic E-state index is 0.241. The molecule has 0 saturated carbocycles. The Hall–Kier alpha value is -2.20. The predicted octanol–water partition coefficient (Wildman–Crippen LogP) is 0.933. The molecule has 1 aliphatic rings. The summed E-state index contributed by atoms with van der Waals surface area (Å²) in [5.74, 6) is 0.992. The molecule has 0 aliphatic carbocycles. The van der Waals surface area contributed by atoms with Crippen molar-refractivity contribution in [1.29, 1.82) is 0 Å². The van der Waals surface area contributed by atoms with E-state index in [0.717, 1.165) is 11.1 Å². The molecular weight excluding hydrogens is 354 g/mol. The normalized spacial score (nSPS) is 25.8. The number of aliphatic hydroxyl groups is 2. The zero-order valence-corrected chi connectivity index (χ0v) is 14.9. The third-order valence-corrected chi connectivity index (χ3v) is 4.99. The summed E-state index contributed by atoms with van der Waals surface area (Å²) in [5.41, 5.74) is 8.81. The molecule has 3 aromatic rings. The second kappa shape index (κ2) is 6.51. The first-order valence-electron chi connectivity index (χ1n) is 8.19. The van der Waals surface area contributed by atoms with Gasteiger partial charge in [0, 0.05) is 11.3 Å². The summed E-state index contributed by atoms with van der Waals surface area (Å²) >= 11 is 4.15. The van der Waals surface area contributed by atoms with Gasteiger partial charge in [0.05, 0.1) is 12.4 Å². The number of nitrogens with zero attached hydrogens (tertiary/aromatic N) is 4. The van der Waals surface area contributed by atoms with Crippen molar-refractivity contribution in [2.45, 2.75) is 31.5 Å². The number of aliphatic hydroxyl groups excluding tert-OH is 2. The van der Waals surface area contributed by atoms with Gasteiger partial charge in [0.25, 0.3) is 0 Å². The molecule has 136 valence electrons. The Kier molecular flexibility index (Phi) is 4.31. The Morgan fingerprint density at radius 3 is 2.69 bits per heavy atom. The fraction of sp³-hybridized carbons (Fsp3) is 0.353. The average Bonchev–Trinajstić information content (AvgIpc) is 3.17. The lowest BCUT2D eigenvalue weighted by atomic mass is 10.1. The van der Waals surface area contributed by atoms with Crippen LogP contribution in [0.5, 0.6) is 0 Å². The molecule has 26 heavy (non-hydrogen) atoms. The molecule has 0 bridgehead atoms. The molecule has 9 heteroatoms. The van der Waals surface area contributed by atoms with Crippen molar-refractivity contribution in [3.8, 4) is 11.4 Å². The van der Waals surface area contributed by atoms with Crippen molar-refractivity contribution < 1.29 is 14.9 Å². The van der Waals surface area contributed by atoms with Gasteiger partial charge in [-0.15, -0.1) is 0 Å². The molecule has 0 radical (unpaired) electrons. The molecule has 4 N–H and O–H groups in total. The Morgan fingerprint density at radius 1 is 1.23 bits per heavy atom. The smallest absolute Gasteiger partial charge is 0.168 e. The number of imidazole rings is 1. The van der Waals surface area contributed by atoms with Crippen molar-refractivity contribution in [3.63, 3.8) is 0 Å². The van der Waals surface area contributed by atoms with Gasteiger partial charge in [-0.25, -0.2) is 15.0 Å². The zero-order valence-electron chi connectivity index (χ0n) is 14.0. The number of fused-ring (bicyclic) bond motifs is 1. The number of nitrogens with two attached hydrogens (primary N) is 1.